The first-order chi connectivity index (χ1) is 12.0. The number of rotatable bonds is 3. The first-order valence-electron chi connectivity index (χ1n) is 7.84. The summed E-state index contributed by atoms with van der Waals surface area (Å²) in [5.74, 6) is -1.20. The molecule has 1 saturated heterocycles. The normalized spacial score (nSPS) is 15.8. The summed E-state index contributed by atoms with van der Waals surface area (Å²) in [5, 5.41) is 6.41. The molecule has 7 heteroatoms. The van der Waals surface area contributed by atoms with Gasteiger partial charge >= 0.3 is 0 Å². The third-order valence-corrected chi connectivity index (χ3v) is 5.00. The zero-order valence-electron chi connectivity index (χ0n) is 13.4. The molecule has 0 unspecified atom stereocenters. The van der Waals surface area contributed by atoms with Crippen LogP contribution in [0.1, 0.15) is 12.5 Å². The zero-order chi connectivity index (χ0) is 17.6. The molecule has 0 atom stereocenters. The van der Waals surface area contributed by atoms with Gasteiger partial charge in [-0.1, -0.05) is 24.6 Å². The number of fused-ring (bicyclic) bond motifs is 1. The van der Waals surface area contributed by atoms with Gasteiger partial charge in [0.15, 0.2) is 5.82 Å². The molecule has 2 heterocycles. The van der Waals surface area contributed by atoms with E-state index in [2.05, 4.69) is 33.6 Å². The molecule has 1 aromatic heterocycles. The number of hydrogen-bond acceptors (Lipinski definition) is 4. The number of halogens is 3. The predicted octanol–water partition coefficient (Wildman–Crippen LogP) is 4.17. The van der Waals surface area contributed by atoms with E-state index >= 15 is 0 Å². The fraction of sp³-hybridized carbons (Fsp3) is 0.222. The third-order valence-electron chi connectivity index (χ3n) is 4.65. The van der Waals surface area contributed by atoms with Gasteiger partial charge in [0.1, 0.15) is 23.0 Å². The molecule has 0 radical (unpaired) electrons. The number of aromatic nitrogens is 2. The average Bonchev–Trinajstić information content (AvgIpc) is 2.60. The second-order valence-electron chi connectivity index (χ2n) is 6.47. The Morgan fingerprint density at radius 2 is 1.96 bits per heavy atom. The number of anilines is 2. The van der Waals surface area contributed by atoms with Crippen LogP contribution in [-0.2, 0) is 5.41 Å². The van der Waals surface area contributed by atoms with Crippen molar-refractivity contribution in [3.63, 3.8) is 0 Å². The maximum Gasteiger partial charge on any atom is 0.168 e. The second kappa shape index (κ2) is 5.89. The van der Waals surface area contributed by atoms with Crippen molar-refractivity contribution < 1.29 is 8.78 Å². The van der Waals surface area contributed by atoms with Gasteiger partial charge in [0, 0.05) is 23.9 Å². The Hall–Kier alpha value is -2.31. The van der Waals surface area contributed by atoms with Crippen molar-refractivity contribution in [2.75, 3.05) is 18.4 Å². The van der Waals surface area contributed by atoms with Crippen LogP contribution in [0, 0.1) is 11.6 Å². The second-order valence-corrected chi connectivity index (χ2v) is 6.84. The minimum Gasteiger partial charge on any atom is -0.337 e. The molecule has 128 valence electrons. The summed E-state index contributed by atoms with van der Waals surface area (Å²) in [5.41, 5.74) is 2.03. The van der Waals surface area contributed by atoms with Gasteiger partial charge in [0.2, 0.25) is 0 Å². The van der Waals surface area contributed by atoms with E-state index in [1.54, 1.807) is 0 Å². The van der Waals surface area contributed by atoms with Gasteiger partial charge < -0.3 is 10.6 Å². The lowest BCUT2D eigenvalue weighted by molar-refractivity contribution is 0.306. The van der Waals surface area contributed by atoms with Crippen LogP contribution >= 0.6 is 11.6 Å². The molecule has 1 aliphatic rings. The molecule has 2 aromatic carbocycles. The van der Waals surface area contributed by atoms with E-state index in [0.717, 1.165) is 35.6 Å². The van der Waals surface area contributed by atoms with E-state index < -0.39 is 16.7 Å². The topological polar surface area (TPSA) is 49.8 Å². The van der Waals surface area contributed by atoms with Crippen molar-refractivity contribution in [1.29, 1.82) is 0 Å². The van der Waals surface area contributed by atoms with E-state index in [4.69, 9.17) is 11.6 Å². The maximum absolute atomic E-state index is 14.2. The number of benzene rings is 2. The van der Waals surface area contributed by atoms with Crippen molar-refractivity contribution in [2.45, 2.75) is 12.3 Å². The van der Waals surface area contributed by atoms with E-state index in [9.17, 15) is 8.78 Å². The molecule has 4 rings (SSSR count). The molecule has 0 spiro atoms. The van der Waals surface area contributed by atoms with Gasteiger partial charge in [-0.05, 0) is 29.8 Å². The van der Waals surface area contributed by atoms with Crippen LogP contribution in [0.15, 0.2) is 36.7 Å². The predicted molar refractivity (Wildman–Crippen MR) is 94.4 cm³/mol. The lowest BCUT2D eigenvalue weighted by Crippen LogP contribution is -2.54. The Labute approximate surface area is 148 Å². The Balaban J connectivity index is 1.79. The van der Waals surface area contributed by atoms with Crippen LogP contribution < -0.4 is 10.6 Å². The minimum absolute atomic E-state index is 0.0612. The van der Waals surface area contributed by atoms with Gasteiger partial charge in [-0.2, -0.15) is 0 Å². The summed E-state index contributed by atoms with van der Waals surface area (Å²) in [6, 6.07) is 8.40. The summed E-state index contributed by atoms with van der Waals surface area (Å²) in [7, 11) is 0. The van der Waals surface area contributed by atoms with Crippen molar-refractivity contribution in [2.24, 2.45) is 0 Å². The highest BCUT2D eigenvalue weighted by atomic mass is 35.5. The van der Waals surface area contributed by atoms with Crippen LogP contribution in [0.2, 0.25) is 5.02 Å². The number of nitrogens with zero attached hydrogens (tertiary/aromatic N) is 2. The molecule has 2 N–H and O–H groups in total. The average molecular weight is 361 g/mol. The summed E-state index contributed by atoms with van der Waals surface area (Å²) >= 11 is 5.65. The molecule has 1 fully saturated rings. The van der Waals surface area contributed by atoms with E-state index in [1.165, 1.54) is 12.4 Å². The third kappa shape index (κ3) is 2.71. The summed E-state index contributed by atoms with van der Waals surface area (Å²) in [4.78, 5) is 8.48. The number of hydrogen-bond donors (Lipinski definition) is 2. The summed E-state index contributed by atoms with van der Waals surface area (Å²) in [6.07, 6.45) is 1.40. The molecule has 0 amide bonds. The van der Waals surface area contributed by atoms with Crippen molar-refractivity contribution in [3.05, 3.63) is 58.9 Å². The molecular weight excluding hydrogens is 346 g/mol. The standard InChI is InChI=1S/C18H15ClF2N4/c1-18(7-22-8-18)10-2-4-13-11(6-10)17(24-9-23-13)25-14-5-3-12(20)15(19)16(14)21/h2-6,9,22H,7-8H2,1H3,(H,23,24,25). The van der Waals surface area contributed by atoms with Crippen molar-refractivity contribution in [1.82, 2.24) is 15.3 Å². The Bertz CT molecular complexity index is 973. The van der Waals surface area contributed by atoms with Crippen LogP contribution in [-0.4, -0.2) is 23.1 Å². The highest BCUT2D eigenvalue weighted by molar-refractivity contribution is 6.31. The molecule has 0 aliphatic carbocycles. The fourth-order valence-electron chi connectivity index (χ4n) is 2.99. The van der Waals surface area contributed by atoms with Crippen LogP contribution in [0.5, 0.6) is 0 Å². The van der Waals surface area contributed by atoms with Crippen LogP contribution in [0.3, 0.4) is 0 Å². The Morgan fingerprint density at radius 1 is 1.16 bits per heavy atom. The minimum atomic E-state index is -0.847. The van der Waals surface area contributed by atoms with Crippen LogP contribution in [0.4, 0.5) is 20.3 Å². The van der Waals surface area contributed by atoms with Crippen molar-refractivity contribution >= 4 is 34.0 Å². The van der Waals surface area contributed by atoms with Gasteiger partial charge in [-0.3, -0.25) is 0 Å². The van der Waals surface area contributed by atoms with Gasteiger partial charge in [-0.25, -0.2) is 18.7 Å². The zero-order valence-corrected chi connectivity index (χ0v) is 14.2. The fourth-order valence-corrected chi connectivity index (χ4v) is 3.15. The van der Waals surface area contributed by atoms with Gasteiger partial charge in [-0.15, -0.1) is 0 Å². The van der Waals surface area contributed by atoms with Crippen molar-refractivity contribution in [3.8, 4) is 0 Å². The summed E-state index contributed by atoms with van der Waals surface area (Å²) in [6.45, 7) is 3.98. The highest BCUT2D eigenvalue weighted by Gasteiger charge is 2.33. The van der Waals surface area contributed by atoms with E-state index in [-0.39, 0.29) is 11.1 Å². The lowest BCUT2D eigenvalue weighted by atomic mass is 9.77. The first kappa shape index (κ1) is 16.2. The molecule has 4 nitrogen and oxygen atoms in total. The lowest BCUT2D eigenvalue weighted by Gasteiger charge is -2.40. The molecule has 0 bridgehead atoms. The SMILES string of the molecule is CC1(c2ccc3ncnc(Nc4ccc(F)c(Cl)c4F)c3c2)CNC1. The molecular formula is C18H15ClF2N4. The van der Waals surface area contributed by atoms with E-state index in [0.29, 0.717) is 5.82 Å². The Morgan fingerprint density at radius 3 is 2.68 bits per heavy atom. The quantitative estimate of drug-likeness (QED) is 0.688. The monoisotopic (exact) mass is 360 g/mol. The number of nitrogens with one attached hydrogen (secondary N) is 2. The van der Waals surface area contributed by atoms with E-state index in [1.807, 2.05) is 12.1 Å². The van der Waals surface area contributed by atoms with Crippen LogP contribution in [0.25, 0.3) is 10.9 Å². The molecule has 1 aliphatic heterocycles. The molecule has 25 heavy (non-hydrogen) atoms. The molecule has 3 aromatic rings. The first-order valence-corrected chi connectivity index (χ1v) is 8.22. The summed E-state index contributed by atoms with van der Waals surface area (Å²) < 4.78 is 27.5. The maximum atomic E-state index is 14.2. The smallest absolute Gasteiger partial charge is 0.168 e. The van der Waals surface area contributed by atoms with Gasteiger partial charge in [0.25, 0.3) is 0 Å². The molecule has 0 saturated carbocycles. The Kier molecular flexibility index (Phi) is 3.81. The highest BCUT2D eigenvalue weighted by Crippen LogP contribution is 2.33. The van der Waals surface area contributed by atoms with Gasteiger partial charge in [0.05, 0.1) is 11.2 Å². The largest absolute Gasteiger partial charge is 0.337 e.